The SMILES string of the molecule is COC(=O)C(CC(F)(F)C(F)(F)C(F)(F)F)C(F)(F)F. The summed E-state index contributed by atoms with van der Waals surface area (Å²) in [4.78, 5) is 10.6. The molecule has 2 nitrogen and oxygen atoms in total. The van der Waals surface area contributed by atoms with E-state index in [-0.39, 0.29) is 0 Å². The zero-order chi connectivity index (χ0) is 16.6. The highest BCUT2D eigenvalue weighted by Crippen LogP contribution is 2.50. The lowest BCUT2D eigenvalue weighted by atomic mass is 9.96. The Morgan fingerprint density at radius 3 is 1.60 bits per heavy atom. The number of methoxy groups -OCH3 is 1. The molecule has 0 aliphatic carbocycles. The van der Waals surface area contributed by atoms with Gasteiger partial charge in [-0.25, -0.2) is 0 Å². The Labute approximate surface area is 104 Å². The Morgan fingerprint density at radius 2 is 1.35 bits per heavy atom. The van der Waals surface area contributed by atoms with Crippen LogP contribution < -0.4 is 0 Å². The van der Waals surface area contributed by atoms with Crippen molar-refractivity contribution in [2.24, 2.45) is 5.92 Å². The van der Waals surface area contributed by atoms with E-state index in [1.807, 2.05) is 0 Å². The number of esters is 1. The van der Waals surface area contributed by atoms with Crippen molar-refractivity contribution >= 4 is 5.97 Å². The number of halogens is 10. The van der Waals surface area contributed by atoms with Crippen molar-refractivity contribution in [2.45, 2.75) is 30.6 Å². The summed E-state index contributed by atoms with van der Waals surface area (Å²) in [5.41, 5.74) is 0. The summed E-state index contributed by atoms with van der Waals surface area (Å²) in [6, 6.07) is 0. The van der Waals surface area contributed by atoms with E-state index in [2.05, 4.69) is 4.74 Å². The molecule has 0 fully saturated rings. The first-order valence-corrected chi connectivity index (χ1v) is 4.55. The molecule has 0 aromatic carbocycles. The van der Waals surface area contributed by atoms with Crippen LogP contribution in [0.4, 0.5) is 43.9 Å². The molecular weight excluding hydrogens is 318 g/mol. The van der Waals surface area contributed by atoms with Crippen molar-refractivity contribution in [1.82, 2.24) is 0 Å². The first-order valence-electron chi connectivity index (χ1n) is 4.55. The van der Waals surface area contributed by atoms with Crippen molar-refractivity contribution in [1.29, 1.82) is 0 Å². The van der Waals surface area contributed by atoms with Gasteiger partial charge in [0.25, 0.3) is 0 Å². The highest BCUT2D eigenvalue weighted by molar-refractivity contribution is 5.73. The molecule has 0 radical (unpaired) electrons. The first-order chi connectivity index (χ1) is 8.58. The quantitative estimate of drug-likeness (QED) is 0.584. The van der Waals surface area contributed by atoms with Gasteiger partial charge in [0.1, 0.15) is 0 Å². The van der Waals surface area contributed by atoms with Gasteiger partial charge in [-0.3, -0.25) is 4.79 Å². The van der Waals surface area contributed by atoms with Crippen molar-refractivity contribution < 1.29 is 53.4 Å². The van der Waals surface area contributed by atoms with E-state index >= 15 is 0 Å². The average molecular weight is 324 g/mol. The minimum Gasteiger partial charge on any atom is -0.469 e. The van der Waals surface area contributed by atoms with Crippen LogP contribution in [-0.4, -0.2) is 37.3 Å². The van der Waals surface area contributed by atoms with Gasteiger partial charge in [0, 0.05) is 6.42 Å². The summed E-state index contributed by atoms with van der Waals surface area (Å²) >= 11 is 0. The molecule has 12 heteroatoms. The molecule has 0 aliphatic heterocycles. The summed E-state index contributed by atoms with van der Waals surface area (Å²) in [6.07, 6.45) is -15.6. The second-order valence-electron chi connectivity index (χ2n) is 3.60. The lowest BCUT2D eigenvalue weighted by molar-refractivity contribution is -0.361. The van der Waals surface area contributed by atoms with Gasteiger partial charge in [0.15, 0.2) is 5.92 Å². The molecule has 0 saturated carbocycles. The maximum absolute atomic E-state index is 12.8. The molecular formula is C8H6F10O2. The zero-order valence-corrected chi connectivity index (χ0v) is 9.38. The van der Waals surface area contributed by atoms with E-state index in [1.165, 1.54) is 0 Å². The number of carbonyl (C=O) groups excluding carboxylic acids is 1. The number of ether oxygens (including phenoxy) is 1. The predicted molar refractivity (Wildman–Crippen MR) is 42.1 cm³/mol. The maximum atomic E-state index is 12.8. The van der Waals surface area contributed by atoms with E-state index < -0.39 is 42.5 Å². The number of carbonyl (C=O) groups is 1. The van der Waals surface area contributed by atoms with Crippen LogP contribution in [0, 0.1) is 5.92 Å². The Balaban J connectivity index is 5.48. The van der Waals surface area contributed by atoms with Crippen molar-refractivity contribution in [3.05, 3.63) is 0 Å². The third-order valence-electron chi connectivity index (χ3n) is 2.16. The number of rotatable bonds is 4. The Kier molecular flexibility index (Phi) is 4.95. The molecule has 0 aromatic rings. The summed E-state index contributed by atoms with van der Waals surface area (Å²) in [6.45, 7) is 0. The molecule has 1 unspecified atom stereocenters. The van der Waals surface area contributed by atoms with Gasteiger partial charge in [0.2, 0.25) is 0 Å². The average Bonchev–Trinajstić information content (AvgIpc) is 2.21. The van der Waals surface area contributed by atoms with E-state index in [1.54, 1.807) is 0 Å². The largest absolute Gasteiger partial charge is 0.469 e. The third kappa shape index (κ3) is 3.66. The molecule has 0 heterocycles. The van der Waals surface area contributed by atoms with Gasteiger partial charge in [-0.1, -0.05) is 0 Å². The number of alkyl halides is 10. The van der Waals surface area contributed by atoms with Gasteiger partial charge in [-0.15, -0.1) is 0 Å². The molecule has 0 bridgehead atoms. The smallest absolute Gasteiger partial charge is 0.459 e. The highest BCUT2D eigenvalue weighted by atomic mass is 19.4. The minimum atomic E-state index is -6.78. The zero-order valence-electron chi connectivity index (χ0n) is 9.38. The fourth-order valence-corrected chi connectivity index (χ4v) is 1.07. The van der Waals surface area contributed by atoms with Crippen molar-refractivity contribution in [3.8, 4) is 0 Å². The standard InChI is InChI=1S/C8H6F10O2/c1-20-4(19)3(6(11,12)13)2-5(9,10)7(14,15)8(16,17)18/h3H,2H2,1H3. The lowest BCUT2D eigenvalue weighted by Gasteiger charge is -2.30. The molecule has 0 rings (SSSR count). The topological polar surface area (TPSA) is 26.3 Å². The summed E-state index contributed by atoms with van der Waals surface area (Å²) < 4.78 is 126. The maximum Gasteiger partial charge on any atom is 0.459 e. The Morgan fingerprint density at radius 1 is 0.950 bits per heavy atom. The van der Waals surface area contributed by atoms with E-state index in [0.717, 1.165) is 0 Å². The number of hydrogen-bond donors (Lipinski definition) is 0. The fraction of sp³-hybridized carbons (Fsp3) is 0.875. The molecule has 0 aromatic heterocycles. The van der Waals surface area contributed by atoms with Crippen LogP contribution in [0.5, 0.6) is 0 Å². The van der Waals surface area contributed by atoms with Crippen LogP contribution in [0.15, 0.2) is 0 Å². The van der Waals surface area contributed by atoms with Gasteiger partial charge < -0.3 is 4.74 Å². The first kappa shape index (κ1) is 18.8. The van der Waals surface area contributed by atoms with Gasteiger partial charge >= 0.3 is 30.2 Å². The molecule has 20 heavy (non-hydrogen) atoms. The molecule has 1 atom stereocenters. The van der Waals surface area contributed by atoms with Crippen LogP contribution in [-0.2, 0) is 9.53 Å². The Hall–Kier alpha value is -1.23. The lowest BCUT2D eigenvalue weighted by Crippen LogP contribution is -2.54. The molecule has 0 saturated heterocycles. The summed E-state index contributed by atoms with van der Waals surface area (Å²) in [5.74, 6) is -19.1. The second kappa shape index (κ2) is 5.28. The van der Waals surface area contributed by atoms with Crippen molar-refractivity contribution in [3.63, 3.8) is 0 Å². The normalized spacial score (nSPS) is 15.9. The predicted octanol–water partition coefficient (Wildman–Crippen LogP) is 3.56. The minimum absolute atomic E-state index is 0.334. The van der Waals surface area contributed by atoms with Crippen LogP contribution in [0.3, 0.4) is 0 Å². The van der Waals surface area contributed by atoms with Crippen LogP contribution >= 0.6 is 0 Å². The molecule has 0 aliphatic rings. The monoisotopic (exact) mass is 324 g/mol. The highest BCUT2D eigenvalue weighted by Gasteiger charge is 2.74. The Bertz CT molecular complexity index is 355. The number of hydrogen-bond acceptors (Lipinski definition) is 2. The summed E-state index contributed by atoms with van der Waals surface area (Å²) in [5, 5.41) is 0. The van der Waals surface area contributed by atoms with E-state index in [0.29, 0.717) is 7.11 Å². The van der Waals surface area contributed by atoms with Crippen LogP contribution in [0.1, 0.15) is 6.42 Å². The summed E-state index contributed by atoms with van der Waals surface area (Å²) in [7, 11) is 0.334. The molecule has 0 amide bonds. The van der Waals surface area contributed by atoms with Crippen LogP contribution in [0.2, 0.25) is 0 Å². The van der Waals surface area contributed by atoms with Gasteiger partial charge in [-0.05, 0) is 0 Å². The van der Waals surface area contributed by atoms with E-state index in [4.69, 9.17) is 0 Å². The molecule has 0 N–H and O–H groups in total. The molecule has 0 spiro atoms. The fourth-order valence-electron chi connectivity index (χ4n) is 1.07. The van der Waals surface area contributed by atoms with Crippen LogP contribution in [0.25, 0.3) is 0 Å². The third-order valence-corrected chi connectivity index (χ3v) is 2.16. The van der Waals surface area contributed by atoms with E-state index in [9.17, 15) is 48.7 Å². The van der Waals surface area contributed by atoms with Gasteiger partial charge in [0.05, 0.1) is 7.11 Å². The van der Waals surface area contributed by atoms with Gasteiger partial charge in [-0.2, -0.15) is 43.9 Å². The van der Waals surface area contributed by atoms with Crippen molar-refractivity contribution in [2.75, 3.05) is 7.11 Å². The molecule has 120 valence electrons. The second-order valence-corrected chi connectivity index (χ2v) is 3.60.